The van der Waals surface area contributed by atoms with Crippen molar-refractivity contribution in [2.45, 2.75) is 58.5 Å². The maximum Gasteiger partial charge on any atom is 0.186 e. The molecule has 0 aliphatic carbocycles. The van der Waals surface area contributed by atoms with Crippen molar-refractivity contribution >= 4 is 16.5 Å². The van der Waals surface area contributed by atoms with Crippen molar-refractivity contribution in [3.63, 3.8) is 0 Å². The molecule has 1 atom stereocenters. The van der Waals surface area contributed by atoms with Crippen LogP contribution in [0.25, 0.3) is 0 Å². The Hall–Kier alpha value is -0.610. The molecule has 2 N–H and O–H groups in total. The summed E-state index contributed by atoms with van der Waals surface area (Å²) >= 11 is 1.78. The Labute approximate surface area is 108 Å². The third-order valence-corrected chi connectivity index (χ3v) is 4.50. The molecule has 0 radical (unpaired) electrons. The van der Waals surface area contributed by atoms with Crippen molar-refractivity contribution in [1.29, 1.82) is 0 Å². The van der Waals surface area contributed by atoms with E-state index in [1.807, 2.05) is 0 Å². The summed E-state index contributed by atoms with van der Waals surface area (Å²) in [5.74, 6) is 0. The van der Waals surface area contributed by atoms with Gasteiger partial charge in [-0.2, -0.15) is 0 Å². The maximum atomic E-state index is 5.85. The fourth-order valence-electron chi connectivity index (χ4n) is 2.40. The lowest BCUT2D eigenvalue weighted by molar-refractivity contribution is 0.565. The molecule has 17 heavy (non-hydrogen) atoms. The highest BCUT2D eigenvalue weighted by molar-refractivity contribution is 7.15. The quantitative estimate of drug-likeness (QED) is 0.881. The number of hydrogen-bond acceptors (Lipinski definition) is 4. The first-order chi connectivity index (χ1) is 7.93. The maximum absolute atomic E-state index is 5.85. The molecule has 2 rings (SSSR count). The fraction of sp³-hybridized carbons (Fsp3) is 0.769. The van der Waals surface area contributed by atoms with Gasteiger partial charge in [0, 0.05) is 29.4 Å². The molecule has 0 spiro atoms. The van der Waals surface area contributed by atoms with Gasteiger partial charge in [0.1, 0.15) is 0 Å². The van der Waals surface area contributed by atoms with Gasteiger partial charge in [-0.05, 0) is 19.8 Å². The van der Waals surface area contributed by atoms with Gasteiger partial charge in [0.15, 0.2) is 5.13 Å². The molecule has 0 aromatic carbocycles. The Balaban J connectivity index is 2.34. The van der Waals surface area contributed by atoms with Crippen molar-refractivity contribution in [2.24, 2.45) is 5.73 Å². The molecule has 1 saturated heterocycles. The Kier molecular flexibility index (Phi) is 3.46. The van der Waals surface area contributed by atoms with Crippen LogP contribution >= 0.6 is 11.3 Å². The molecule has 1 aliphatic rings. The van der Waals surface area contributed by atoms with E-state index >= 15 is 0 Å². The van der Waals surface area contributed by atoms with Crippen molar-refractivity contribution < 1.29 is 0 Å². The van der Waals surface area contributed by atoms with Crippen LogP contribution in [0.5, 0.6) is 0 Å². The van der Waals surface area contributed by atoms with E-state index in [0.29, 0.717) is 12.6 Å². The molecule has 96 valence electrons. The predicted molar refractivity (Wildman–Crippen MR) is 74.7 cm³/mol. The first-order valence-electron chi connectivity index (χ1n) is 6.40. The standard InChI is InChI=1S/C13H23N3S/c1-9-6-5-7-16(9)12-15-11(13(2,3)4)10(8-14)17-12/h9H,5-8,14H2,1-4H3. The van der Waals surface area contributed by atoms with Gasteiger partial charge in [0.05, 0.1) is 5.69 Å². The lowest BCUT2D eigenvalue weighted by Gasteiger charge is -2.20. The zero-order valence-electron chi connectivity index (χ0n) is 11.3. The van der Waals surface area contributed by atoms with Crippen molar-refractivity contribution in [3.8, 4) is 0 Å². The zero-order valence-corrected chi connectivity index (χ0v) is 12.1. The number of nitrogens with zero attached hydrogens (tertiary/aromatic N) is 2. The first kappa shape index (κ1) is 12.8. The van der Waals surface area contributed by atoms with Crippen molar-refractivity contribution in [1.82, 2.24) is 4.98 Å². The molecule has 3 nitrogen and oxygen atoms in total. The van der Waals surface area contributed by atoms with Gasteiger partial charge in [-0.3, -0.25) is 0 Å². The van der Waals surface area contributed by atoms with Gasteiger partial charge in [-0.25, -0.2) is 4.98 Å². The summed E-state index contributed by atoms with van der Waals surface area (Å²) in [6.07, 6.45) is 2.56. The summed E-state index contributed by atoms with van der Waals surface area (Å²) in [6.45, 7) is 10.7. The van der Waals surface area contributed by atoms with Gasteiger partial charge in [0.25, 0.3) is 0 Å². The van der Waals surface area contributed by atoms with E-state index in [0.717, 1.165) is 6.54 Å². The third kappa shape index (κ3) is 2.47. The molecule has 1 aliphatic heterocycles. The molecule has 0 amide bonds. The van der Waals surface area contributed by atoms with Gasteiger partial charge < -0.3 is 10.6 Å². The second-order valence-corrected chi connectivity index (χ2v) is 6.97. The first-order valence-corrected chi connectivity index (χ1v) is 7.22. The normalized spacial score (nSPS) is 21.2. The Bertz CT molecular complexity index is 392. The van der Waals surface area contributed by atoms with Gasteiger partial charge >= 0.3 is 0 Å². The number of anilines is 1. The zero-order chi connectivity index (χ0) is 12.6. The van der Waals surface area contributed by atoms with Gasteiger partial charge in [-0.1, -0.05) is 20.8 Å². The molecule has 2 heterocycles. The largest absolute Gasteiger partial charge is 0.345 e. The molecule has 1 unspecified atom stereocenters. The lowest BCUT2D eigenvalue weighted by atomic mass is 9.91. The third-order valence-electron chi connectivity index (χ3n) is 3.38. The average molecular weight is 253 g/mol. The number of nitrogens with two attached hydrogens (primary N) is 1. The molecular weight excluding hydrogens is 230 g/mol. The topological polar surface area (TPSA) is 42.2 Å². The van der Waals surface area contributed by atoms with Crippen LogP contribution in [0.4, 0.5) is 5.13 Å². The molecule has 0 saturated carbocycles. The highest BCUT2D eigenvalue weighted by Gasteiger charge is 2.28. The van der Waals surface area contributed by atoms with Gasteiger partial charge in [0.2, 0.25) is 0 Å². The van der Waals surface area contributed by atoms with E-state index < -0.39 is 0 Å². The highest BCUT2D eigenvalue weighted by atomic mass is 32.1. The molecule has 4 heteroatoms. The highest BCUT2D eigenvalue weighted by Crippen LogP contribution is 2.36. The second-order valence-electron chi connectivity index (χ2n) is 5.91. The number of hydrogen-bond donors (Lipinski definition) is 1. The van der Waals surface area contributed by atoms with Crippen LogP contribution in [-0.4, -0.2) is 17.6 Å². The molecular formula is C13H23N3S. The summed E-state index contributed by atoms with van der Waals surface area (Å²) in [7, 11) is 0. The predicted octanol–water partition coefficient (Wildman–Crippen LogP) is 2.89. The number of aromatic nitrogens is 1. The minimum Gasteiger partial charge on any atom is -0.345 e. The summed E-state index contributed by atoms with van der Waals surface area (Å²) < 4.78 is 0. The van der Waals surface area contributed by atoms with Crippen molar-refractivity contribution in [3.05, 3.63) is 10.6 Å². The fourth-order valence-corrected chi connectivity index (χ4v) is 3.68. The van der Waals surface area contributed by atoms with Crippen LogP contribution < -0.4 is 10.6 Å². The molecule has 0 bridgehead atoms. The van der Waals surface area contributed by atoms with E-state index in [-0.39, 0.29) is 5.41 Å². The van der Waals surface area contributed by atoms with Crippen LogP contribution in [0.15, 0.2) is 0 Å². The summed E-state index contributed by atoms with van der Waals surface area (Å²) in [5, 5.41) is 1.17. The van der Waals surface area contributed by atoms with Gasteiger partial charge in [-0.15, -0.1) is 11.3 Å². The van der Waals surface area contributed by atoms with Crippen molar-refractivity contribution in [2.75, 3.05) is 11.4 Å². The van der Waals surface area contributed by atoms with Crippen LogP contribution in [0.2, 0.25) is 0 Å². The smallest absolute Gasteiger partial charge is 0.186 e. The average Bonchev–Trinajstić information content (AvgIpc) is 2.81. The summed E-state index contributed by atoms with van der Waals surface area (Å²) in [6, 6.07) is 0.625. The number of thiazole rings is 1. The van der Waals surface area contributed by atoms with E-state index in [1.165, 1.54) is 28.5 Å². The van der Waals surface area contributed by atoms with Crippen LogP contribution in [0, 0.1) is 0 Å². The lowest BCUT2D eigenvalue weighted by Crippen LogP contribution is -2.26. The Morgan fingerprint density at radius 3 is 2.59 bits per heavy atom. The molecule has 1 aromatic rings. The van der Waals surface area contributed by atoms with E-state index in [9.17, 15) is 0 Å². The molecule has 1 aromatic heterocycles. The minimum absolute atomic E-state index is 0.0897. The summed E-state index contributed by atoms with van der Waals surface area (Å²) in [5.41, 5.74) is 7.12. The Morgan fingerprint density at radius 1 is 1.47 bits per heavy atom. The van der Waals surface area contributed by atoms with E-state index in [4.69, 9.17) is 10.7 Å². The van der Waals surface area contributed by atoms with Crippen LogP contribution in [0.1, 0.15) is 51.1 Å². The second kappa shape index (κ2) is 4.58. The van der Waals surface area contributed by atoms with Crippen LogP contribution in [-0.2, 0) is 12.0 Å². The number of rotatable bonds is 2. The molecule has 1 fully saturated rings. The SMILES string of the molecule is CC1CCCN1c1nc(C(C)(C)C)c(CN)s1. The summed E-state index contributed by atoms with van der Waals surface area (Å²) in [4.78, 5) is 8.52. The van der Waals surface area contributed by atoms with E-state index in [1.54, 1.807) is 11.3 Å². The minimum atomic E-state index is 0.0897. The van der Waals surface area contributed by atoms with Crippen LogP contribution in [0.3, 0.4) is 0 Å². The van der Waals surface area contributed by atoms with E-state index in [2.05, 4.69) is 32.6 Å². The Morgan fingerprint density at radius 2 is 2.18 bits per heavy atom. The monoisotopic (exact) mass is 253 g/mol.